The quantitative estimate of drug-likeness (QED) is 0.599. The van der Waals surface area contributed by atoms with Gasteiger partial charge in [0.15, 0.2) is 0 Å². The highest BCUT2D eigenvalue weighted by atomic mass is 32.2. The number of non-ortho nitro benzene ring substituents is 1. The van der Waals surface area contributed by atoms with E-state index in [1.165, 1.54) is 19.2 Å². The fraction of sp³-hybridized carbons (Fsp3) is 0.364. The lowest BCUT2D eigenvalue weighted by atomic mass is 10.2. The van der Waals surface area contributed by atoms with Crippen LogP contribution < -0.4 is 0 Å². The van der Waals surface area contributed by atoms with Gasteiger partial charge in [0, 0.05) is 25.7 Å². The van der Waals surface area contributed by atoms with E-state index in [-0.39, 0.29) is 17.1 Å². The number of benzene rings is 1. The minimum atomic E-state index is -3.73. The van der Waals surface area contributed by atoms with Crippen molar-refractivity contribution in [2.24, 2.45) is 5.92 Å². The second-order valence-electron chi connectivity index (χ2n) is 4.07. The summed E-state index contributed by atoms with van der Waals surface area (Å²) in [7, 11) is -2.36. The van der Waals surface area contributed by atoms with E-state index in [0.717, 1.165) is 16.4 Å². The van der Waals surface area contributed by atoms with E-state index < -0.39 is 20.9 Å². The van der Waals surface area contributed by atoms with Crippen molar-refractivity contribution in [1.29, 1.82) is 5.26 Å². The second-order valence-corrected chi connectivity index (χ2v) is 6.11. The first-order chi connectivity index (χ1) is 8.78. The van der Waals surface area contributed by atoms with Gasteiger partial charge >= 0.3 is 0 Å². The highest BCUT2D eigenvalue weighted by Crippen LogP contribution is 2.19. The molecule has 0 aliphatic carbocycles. The molecule has 0 spiro atoms. The predicted molar refractivity (Wildman–Crippen MR) is 67.7 cm³/mol. The van der Waals surface area contributed by atoms with E-state index in [0.29, 0.717) is 0 Å². The van der Waals surface area contributed by atoms with Crippen LogP contribution in [0.2, 0.25) is 0 Å². The highest BCUT2D eigenvalue weighted by molar-refractivity contribution is 7.89. The van der Waals surface area contributed by atoms with Crippen molar-refractivity contribution in [1.82, 2.24) is 4.31 Å². The van der Waals surface area contributed by atoms with Crippen molar-refractivity contribution < 1.29 is 13.3 Å². The Labute approximate surface area is 111 Å². The third-order valence-corrected chi connectivity index (χ3v) is 4.34. The molecule has 102 valence electrons. The highest BCUT2D eigenvalue weighted by Gasteiger charge is 2.22. The fourth-order valence-electron chi connectivity index (χ4n) is 1.44. The normalized spacial score (nSPS) is 12.9. The number of nitriles is 1. The van der Waals surface area contributed by atoms with E-state index in [1.54, 1.807) is 6.92 Å². The number of nitro groups is 1. The Hall–Kier alpha value is -1.98. The Balaban J connectivity index is 3.00. The topological polar surface area (TPSA) is 104 Å². The van der Waals surface area contributed by atoms with Gasteiger partial charge in [0.1, 0.15) is 0 Å². The number of rotatable bonds is 5. The zero-order valence-corrected chi connectivity index (χ0v) is 11.3. The molecule has 0 radical (unpaired) electrons. The summed E-state index contributed by atoms with van der Waals surface area (Å²) in [5, 5.41) is 19.2. The molecule has 0 saturated heterocycles. The van der Waals surface area contributed by atoms with Crippen LogP contribution in [0.1, 0.15) is 6.92 Å². The maximum absolute atomic E-state index is 12.1. The molecular weight excluding hydrogens is 270 g/mol. The maximum Gasteiger partial charge on any atom is 0.269 e. The lowest BCUT2D eigenvalue weighted by Crippen LogP contribution is -2.30. The first kappa shape index (κ1) is 15.1. The summed E-state index contributed by atoms with van der Waals surface area (Å²) >= 11 is 0. The fourth-order valence-corrected chi connectivity index (χ4v) is 2.70. The predicted octanol–water partition coefficient (Wildman–Crippen LogP) is 1.37. The van der Waals surface area contributed by atoms with Crippen LogP contribution in [0.4, 0.5) is 5.69 Å². The van der Waals surface area contributed by atoms with Crippen LogP contribution in [0.3, 0.4) is 0 Å². The zero-order chi connectivity index (χ0) is 14.6. The van der Waals surface area contributed by atoms with Crippen molar-refractivity contribution in [2.75, 3.05) is 13.6 Å². The monoisotopic (exact) mass is 283 g/mol. The Morgan fingerprint density at radius 2 is 1.95 bits per heavy atom. The van der Waals surface area contributed by atoms with Crippen LogP contribution in [0.5, 0.6) is 0 Å². The molecule has 1 rings (SSSR count). The molecule has 1 aromatic carbocycles. The molecule has 1 atom stereocenters. The molecule has 7 nitrogen and oxygen atoms in total. The van der Waals surface area contributed by atoms with Crippen LogP contribution in [-0.2, 0) is 10.0 Å². The summed E-state index contributed by atoms with van der Waals surface area (Å²) in [5.74, 6) is -0.433. The standard InChI is InChI=1S/C11H13N3O4S/c1-9(7-12)8-13(2)19(17,18)11-5-3-10(4-6-11)14(15)16/h3-6,9H,8H2,1-2H3. The number of nitro benzene ring substituents is 1. The van der Waals surface area contributed by atoms with Crippen LogP contribution in [0.25, 0.3) is 0 Å². The zero-order valence-electron chi connectivity index (χ0n) is 10.5. The van der Waals surface area contributed by atoms with Gasteiger partial charge in [-0.25, -0.2) is 8.42 Å². The molecule has 8 heteroatoms. The molecule has 1 unspecified atom stereocenters. The molecule has 0 aliphatic rings. The summed E-state index contributed by atoms with van der Waals surface area (Å²) in [5.41, 5.74) is -0.174. The summed E-state index contributed by atoms with van der Waals surface area (Å²) in [4.78, 5) is 9.85. The van der Waals surface area contributed by atoms with E-state index in [4.69, 9.17) is 5.26 Å². The Bertz CT molecular complexity index is 604. The van der Waals surface area contributed by atoms with Gasteiger partial charge in [0.05, 0.1) is 21.8 Å². The van der Waals surface area contributed by atoms with E-state index in [2.05, 4.69) is 0 Å². The minimum absolute atomic E-state index is 0.0364. The molecule has 19 heavy (non-hydrogen) atoms. The van der Waals surface area contributed by atoms with E-state index in [9.17, 15) is 18.5 Å². The summed E-state index contributed by atoms with van der Waals surface area (Å²) in [6.07, 6.45) is 0. The molecule has 0 bridgehead atoms. The molecule has 1 aromatic rings. The van der Waals surface area contributed by atoms with Crippen molar-refractivity contribution in [3.63, 3.8) is 0 Å². The SMILES string of the molecule is CC(C#N)CN(C)S(=O)(=O)c1ccc([N+](=O)[O-])cc1. The van der Waals surface area contributed by atoms with Gasteiger partial charge in [0.25, 0.3) is 5.69 Å². The third-order valence-electron chi connectivity index (χ3n) is 2.51. The smallest absolute Gasteiger partial charge is 0.258 e. The lowest BCUT2D eigenvalue weighted by molar-refractivity contribution is -0.384. The van der Waals surface area contributed by atoms with Gasteiger partial charge in [-0.1, -0.05) is 0 Å². The van der Waals surface area contributed by atoms with Crippen molar-refractivity contribution in [3.05, 3.63) is 34.4 Å². The van der Waals surface area contributed by atoms with E-state index in [1.807, 2.05) is 6.07 Å². The van der Waals surface area contributed by atoms with Gasteiger partial charge in [-0.3, -0.25) is 10.1 Å². The average molecular weight is 283 g/mol. The first-order valence-electron chi connectivity index (χ1n) is 5.39. The average Bonchev–Trinajstić information content (AvgIpc) is 2.38. The lowest BCUT2D eigenvalue weighted by Gasteiger charge is -2.17. The van der Waals surface area contributed by atoms with Gasteiger partial charge in [-0.2, -0.15) is 9.57 Å². The van der Waals surface area contributed by atoms with Gasteiger partial charge in [-0.15, -0.1) is 0 Å². The van der Waals surface area contributed by atoms with Crippen LogP contribution in [0.15, 0.2) is 29.2 Å². The number of sulfonamides is 1. The van der Waals surface area contributed by atoms with Crippen molar-refractivity contribution in [3.8, 4) is 6.07 Å². The van der Waals surface area contributed by atoms with Crippen molar-refractivity contribution >= 4 is 15.7 Å². The van der Waals surface area contributed by atoms with Crippen LogP contribution in [-0.4, -0.2) is 31.2 Å². The molecular formula is C11H13N3O4S. The van der Waals surface area contributed by atoms with Gasteiger partial charge in [0.2, 0.25) is 10.0 Å². The molecule has 0 saturated carbocycles. The van der Waals surface area contributed by atoms with Crippen molar-refractivity contribution in [2.45, 2.75) is 11.8 Å². The Morgan fingerprint density at radius 3 is 2.37 bits per heavy atom. The Morgan fingerprint density at radius 1 is 1.42 bits per heavy atom. The summed E-state index contributed by atoms with van der Waals surface area (Å²) in [6, 6.07) is 6.58. The number of nitrogens with zero attached hydrogens (tertiary/aromatic N) is 3. The number of hydrogen-bond acceptors (Lipinski definition) is 5. The minimum Gasteiger partial charge on any atom is -0.258 e. The molecule has 0 fully saturated rings. The molecule has 0 aromatic heterocycles. The molecule has 0 aliphatic heterocycles. The largest absolute Gasteiger partial charge is 0.269 e. The Kier molecular flexibility index (Phi) is 4.58. The van der Waals surface area contributed by atoms with Gasteiger partial charge < -0.3 is 0 Å². The maximum atomic E-state index is 12.1. The van der Waals surface area contributed by atoms with Gasteiger partial charge in [-0.05, 0) is 19.1 Å². The van der Waals surface area contributed by atoms with E-state index >= 15 is 0 Å². The first-order valence-corrected chi connectivity index (χ1v) is 6.83. The third kappa shape index (κ3) is 3.49. The molecule has 0 amide bonds. The molecule has 0 N–H and O–H groups in total. The van der Waals surface area contributed by atoms with Crippen LogP contribution in [0, 0.1) is 27.4 Å². The van der Waals surface area contributed by atoms with Crippen LogP contribution >= 0.6 is 0 Å². The summed E-state index contributed by atoms with van der Waals surface area (Å²) in [6.45, 7) is 1.68. The number of hydrogen-bond donors (Lipinski definition) is 0. The molecule has 0 heterocycles. The second kappa shape index (κ2) is 5.77. The summed E-state index contributed by atoms with van der Waals surface area (Å²) < 4.78 is 25.3.